The summed E-state index contributed by atoms with van der Waals surface area (Å²) >= 11 is 0. The second-order valence-corrected chi connectivity index (χ2v) is 5.21. The molecule has 1 N–H and O–H groups in total. The van der Waals surface area contributed by atoms with Crippen molar-refractivity contribution in [2.75, 3.05) is 19.7 Å². The Morgan fingerprint density at radius 3 is 2.75 bits per heavy atom. The lowest BCUT2D eigenvalue weighted by atomic mass is 10.0. The van der Waals surface area contributed by atoms with Crippen molar-refractivity contribution >= 4 is 11.8 Å². The largest absolute Gasteiger partial charge is 0.376 e. The van der Waals surface area contributed by atoms with Crippen LogP contribution in [-0.2, 0) is 14.3 Å². The van der Waals surface area contributed by atoms with Crippen molar-refractivity contribution in [2.45, 2.75) is 25.0 Å². The molecule has 2 fully saturated rings. The van der Waals surface area contributed by atoms with E-state index in [4.69, 9.17) is 4.74 Å². The molecule has 2 heterocycles. The molecular formula is C15H18N2O3. The molecule has 0 aromatic heterocycles. The number of hydrogen-bond donors (Lipinski definition) is 1. The minimum absolute atomic E-state index is 0.0473. The molecule has 1 aromatic carbocycles. The molecule has 2 aliphatic rings. The number of amides is 2. The zero-order valence-corrected chi connectivity index (χ0v) is 11.2. The summed E-state index contributed by atoms with van der Waals surface area (Å²) in [4.78, 5) is 26.0. The summed E-state index contributed by atoms with van der Waals surface area (Å²) in [5.41, 5.74) is 0.844. The van der Waals surface area contributed by atoms with Gasteiger partial charge in [0.15, 0.2) is 0 Å². The molecule has 1 aromatic rings. The van der Waals surface area contributed by atoms with Crippen molar-refractivity contribution < 1.29 is 14.3 Å². The van der Waals surface area contributed by atoms with E-state index in [0.29, 0.717) is 6.54 Å². The molecule has 106 valence electrons. The van der Waals surface area contributed by atoms with E-state index in [-0.39, 0.29) is 24.5 Å². The molecule has 0 bridgehead atoms. The van der Waals surface area contributed by atoms with Crippen LogP contribution < -0.4 is 5.32 Å². The van der Waals surface area contributed by atoms with Crippen LogP contribution in [-0.4, -0.2) is 42.5 Å². The molecule has 2 unspecified atom stereocenters. The molecule has 2 aliphatic heterocycles. The number of benzene rings is 1. The Hall–Kier alpha value is -1.88. The van der Waals surface area contributed by atoms with E-state index < -0.39 is 6.04 Å². The average Bonchev–Trinajstić information content (AvgIpc) is 2.97. The fourth-order valence-electron chi connectivity index (χ4n) is 2.83. The van der Waals surface area contributed by atoms with Gasteiger partial charge in [0.1, 0.15) is 6.04 Å². The van der Waals surface area contributed by atoms with E-state index in [1.807, 2.05) is 30.3 Å². The van der Waals surface area contributed by atoms with Crippen LogP contribution in [0.5, 0.6) is 0 Å². The van der Waals surface area contributed by atoms with Gasteiger partial charge in [-0.3, -0.25) is 9.59 Å². The van der Waals surface area contributed by atoms with Gasteiger partial charge >= 0.3 is 0 Å². The number of nitrogens with one attached hydrogen (secondary N) is 1. The number of nitrogens with zero attached hydrogens (tertiary/aromatic N) is 1. The van der Waals surface area contributed by atoms with Crippen molar-refractivity contribution in [3.63, 3.8) is 0 Å². The van der Waals surface area contributed by atoms with E-state index in [9.17, 15) is 9.59 Å². The summed E-state index contributed by atoms with van der Waals surface area (Å²) in [5, 5.41) is 2.66. The first-order valence-corrected chi connectivity index (χ1v) is 6.99. The predicted molar refractivity (Wildman–Crippen MR) is 72.9 cm³/mol. The van der Waals surface area contributed by atoms with E-state index in [1.165, 1.54) is 0 Å². The fraction of sp³-hybridized carbons (Fsp3) is 0.467. The SMILES string of the molecule is O=C1NCC(=O)N(CC2CCCO2)C1c1ccccc1. The number of carbonyl (C=O) groups excluding carboxylic acids is 2. The van der Waals surface area contributed by atoms with Crippen LogP contribution in [0.3, 0.4) is 0 Å². The number of piperazine rings is 1. The molecule has 5 nitrogen and oxygen atoms in total. The third kappa shape index (κ3) is 2.54. The summed E-state index contributed by atoms with van der Waals surface area (Å²) in [7, 11) is 0. The van der Waals surface area contributed by atoms with Crippen molar-refractivity contribution in [3.05, 3.63) is 35.9 Å². The highest BCUT2D eigenvalue weighted by Crippen LogP contribution is 2.26. The maximum atomic E-state index is 12.2. The minimum Gasteiger partial charge on any atom is -0.376 e. The zero-order valence-electron chi connectivity index (χ0n) is 11.2. The Balaban J connectivity index is 1.85. The van der Waals surface area contributed by atoms with E-state index in [0.717, 1.165) is 25.0 Å². The van der Waals surface area contributed by atoms with Gasteiger partial charge < -0.3 is 15.0 Å². The van der Waals surface area contributed by atoms with Crippen molar-refractivity contribution in [3.8, 4) is 0 Å². The Morgan fingerprint density at radius 2 is 2.05 bits per heavy atom. The minimum atomic E-state index is -0.540. The van der Waals surface area contributed by atoms with Gasteiger partial charge in [0.25, 0.3) is 0 Å². The summed E-state index contributed by atoms with van der Waals surface area (Å²) in [6, 6.07) is 8.88. The third-order valence-corrected chi connectivity index (χ3v) is 3.83. The van der Waals surface area contributed by atoms with Crippen LogP contribution in [0.1, 0.15) is 24.4 Å². The summed E-state index contributed by atoms with van der Waals surface area (Å²) in [6.45, 7) is 1.32. The van der Waals surface area contributed by atoms with E-state index in [1.54, 1.807) is 4.90 Å². The van der Waals surface area contributed by atoms with Gasteiger partial charge in [0.05, 0.1) is 12.6 Å². The Labute approximate surface area is 117 Å². The van der Waals surface area contributed by atoms with Crippen molar-refractivity contribution in [1.29, 1.82) is 0 Å². The van der Waals surface area contributed by atoms with Crippen LogP contribution in [0, 0.1) is 0 Å². The van der Waals surface area contributed by atoms with Crippen molar-refractivity contribution in [2.24, 2.45) is 0 Å². The smallest absolute Gasteiger partial charge is 0.247 e. The lowest BCUT2D eigenvalue weighted by molar-refractivity contribution is -0.147. The predicted octanol–water partition coefficient (Wildman–Crippen LogP) is 0.865. The Kier molecular flexibility index (Phi) is 3.69. The molecule has 0 aliphatic carbocycles. The van der Waals surface area contributed by atoms with Gasteiger partial charge in [0, 0.05) is 13.2 Å². The second-order valence-electron chi connectivity index (χ2n) is 5.21. The zero-order chi connectivity index (χ0) is 13.9. The van der Waals surface area contributed by atoms with Gasteiger partial charge in [-0.15, -0.1) is 0 Å². The molecule has 5 heteroatoms. The lowest BCUT2D eigenvalue weighted by Gasteiger charge is -2.36. The Bertz CT molecular complexity index is 497. The fourth-order valence-corrected chi connectivity index (χ4v) is 2.83. The van der Waals surface area contributed by atoms with E-state index >= 15 is 0 Å². The van der Waals surface area contributed by atoms with Crippen LogP contribution in [0.4, 0.5) is 0 Å². The molecule has 2 atom stereocenters. The Morgan fingerprint density at radius 1 is 1.25 bits per heavy atom. The van der Waals surface area contributed by atoms with Gasteiger partial charge in [-0.05, 0) is 18.4 Å². The number of carbonyl (C=O) groups is 2. The standard InChI is InChI=1S/C15H18N2O3/c18-13-9-16-15(19)14(11-5-2-1-3-6-11)17(13)10-12-7-4-8-20-12/h1-3,5-6,12,14H,4,7-10H2,(H,16,19). The number of ether oxygens (including phenoxy) is 1. The van der Waals surface area contributed by atoms with Gasteiger partial charge in [-0.2, -0.15) is 0 Å². The first kappa shape index (κ1) is 13.1. The molecule has 2 amide bonds. The van der Waals surface area contributed by atoms with Crippen molar-refractivity contribution in [1.82, 2.24) is 10.2 Å². The maximum absolute atomic E-state index is 12.2. The number of rotatable bonds is 3. The quantitative estimate of drug-likeness (QED) is 0.889. The summed E-state index contributed by atoms with van der Waals surface area (Å²) < 4.78 is 5.60. The highest BCUT2D eigenvalue weighted by molar-refractivity contribution is 5.95. The molecule has 2 saturated heterocycles. The molecule has 0 spiro atoms. The first-order valence-electron chi connectivity index (χ1n) is 6.99. The molecule has 0 saturated carbocycles. The summed E-state index contributed by atoms with van der Waals surface area (Å²) in [5.74, 6) is -0.164. The monoisotopic (exact) mass is 274 g/mol. The van der Waals surface area contributed by atoms with Crippen LogP contribution >= 0.6 is 0 Å². The van der Waals surface area contributed by atoms with Gasteiger partial charge in [0.2, 0.25) is 11.8 Å². The first-order chi connectivity index (χ1) is 9.75. The highest BCUT2D eigenvalue weighted by Gasteiger charge is 2.37. The molecule has 3 rings (SSSR count). The third-order valence-electron chi connectivity index (χ3n) is 3.83. The second kappa shape index (κ2) is 5.63. The maximum Gasteiger partial charge on any atom is 0.247 e. The van der Waals surface area contributed by atoms with Crippen LogP contribution in [0.2, 0.25) is 0 Å². The molecule has 20 heavy (non-hydrogen) atoms. The van der Waals surface area contributed by atoms with Crippen LogP contribution in [0.15, 0.2) is 30.3 Å². The van der Waals surface area contributed by atoms with Gasteiger partial charge in [-0.1, -0.05) is 30.3 Å². The summed E-state index contributed by atoms with van der Waals surface area (Å²) in [6.07, 6.45) is 2.03. The van der Waals surface area contributed by atoms with Crippen LogP contribution in [0.25, 0.3) is 0 Å². The van der Waals surface area contributed by atoms with E-state index in [2.05, 4.69) is 5.32 Å². The topological polar surface area (TPSA) is 58.6 Å². The molecular weight excluding hydrogens is 256 g/mol. The molecule has 0 radical (unpaired) electrons. The number of hydrogen-bond acceptors (Lipinski definition) is 3. The lowest BCUT2D eigenvalue weighted by Crippen LogP contribution is -2.55. The van der Waals surface area contributed by atoms with Gasteiger partial charge in [-0.25, -0.2) is 0 Å². The average molecular weight is 274 g/mol. The normalized spacial score (nSPS) is 26.7. The highest BCUT2D eigenvalue weighted by atomic mass is 16.5.